The minimum absolute atomic E-state index is 0.136. The van der Waals surface area contributed by atoms with E-state index >= 15 is 0 Å². The molecule has 0 saturated heterocycles. The van der Waals surface area contributed by atoms with Crippen molar-refractivity contribution in [3.8, 4) is 0 Å². The molecule has 92 valence electrons. The van der Waals surface area contributed by atoms with E-state index in [1.807, 2.05) is 0 Å². The Hall–Kier alpha value is -0.360. The van der Waals surface area contributed by atoms with Crippen molar-refractivity contribution in [3.63, 3.8) is 0 Å². The van der Waals surface area contributed by atoms with Crippen LogP contribution in [0.5, 0.6) is 0 Å². The molecule has 0 saturated carbocycles. The van der Waals surface area contributed by atoms with E-state index in [2.05, 4.69) is 31.9 Å². The number of hydrogen-bond donors (Lipinski definition) is 0. The summed E-state index contributed by atoms with van der Waals surface area (Å²) in [6.45, 7) is 3.71. The van der Waals surface area contributed by atoms with Gasteiger partial charge in [0.2, 0.25) is 0 Å². The first kappa shape index (κ1) is 15.6. The molecule has 0 aromatic rings. The second-order valence-electron chi connectivity index (χ2n) is 2.84. The molecule has 4 nitrogen and oxygen atoms in total. The Bertz CT molecular complexity index is 259. The van der Waals surface area contributed by atoms with Crippen LogP contribution in [0.3, 0.4) is 0 Å². The van der Waals surface area contributed by atoms with Crippen LogP contribution in [0.15, 0.2) is 8.96 Å². The fourth-order valence-electron chi connectivity index (χ4n) is 0.648. The van der Waals surface area contributed by atoms with Crippen molar-refractivity contribution < 1.29 is 19.1 Å². The van der Waals surface area contributed by atoms with Crippen molar-refractivity contribution in [1.29, 1.82) is 0 Å². The van der Waals surface area contributed by atoms with Gasteiger partial charge in [0.25, 0.3) is 0 Å². The molecule has 0 radical (unpaired) electrons. The van der Waals surface area contributed by atoms with Crippen molar-refractivity contribution in [2.24, 2.45) is 0 Å². The lowest BCUT2D eigenvalue weighted by molar-refractivity contribution is -0.143. The summed E-state index contributed by atoms with van der Waals surface area (Å²) in [4.78, 5) is 21.8. The van der Waals surface area contributed by atoms with Gasteiger partial charge in [-0.15, -0.1) is 0 Å². The van der Waals surface area contributed by atoms with Crippen LogP contribution in [0.1, 0.15) is 26.7 Å². The van der Waals surface area contributed by atoms with Crippen LogP contribution in [0.2, 0.25) is 0 Å². The fourth-order valence-corrected chi connectivity index (χ4v) is 1.11. The van der Waals surface area contributed by atoms with Crippen molar-refractivity contribution in [2.45, 2.75) is 26.7 Å². The summed E-state index contributed by atoms with van der Waals surface area (Å²) in [6, 6.07) is 0. The zero-order chi connectivity index (χ0) is 12.6. The highest BCUT2D eigenvalue weighted by atomic mass is 79.9. The van der Waals surface area contributed by atoms with E-state index in [4.69, 9.17) is 9.47 Å². The van der Waals surface area contributed by atoms with Gasteiger partial charge in [0.1, 0.15) is 13.2 Å². The zero-order valence-corrected chi connectivity index (χ0v) is 12.4. The van der Waals surface area contributed by atoms with Crippen LogP contribution in [0.25, 0.3) is 0 Å². The lowest BCUT2D eigenvalue weighted by Gasteiger charge is -2.06. The molecule has 0 atom stereocenters. The van der Waals surface area contributed by atoms with Gasteiger partial charge in [-0.3, -0.25) is 9.59 Å². The first-order chi connectivity index (χ1) is 7.51. The molecular formula is C10H14Br2O4. The highest BCUT2D eigenvalue weighted by Gasteiger charge is 2.07. The summed E-state index contributed by atoms with van der Waals surface area (Å²) >= 11 is 6.47. The highest BCUT2D eigenvalue weighted by Crippen LogP contribution is 2.19. The molecule has 0 spiro atoms. The molecule has 0 aromatic carbocycles. The van der Waals surface area contributed by atoms with E-state index in [0.717, 1.165) is 0 Å². The SMILES string of the molecule is CCC(=O)OC/C(Br)=C(\Br)COC(=O)CC. The molecule has 16 heavy (non-hydrogen) atoms. The highest BCUT2D eigenvalue weighted by molar-refractivity contribution is 9.14. The largest absolute Gasteiger partial charge is 0.460 e. The van der Waals surface area contributed by atoms with Gasteiger partial charge in [0.15, 0.2) is 0 Å². The van der Waals surface area contributed by atoms with E-state index in [1.165, 1.54) is 0 Å². The predicted octanol–water partition coefficient (Wildman–Crippen LogP) is 2.89. The number of esters is 2. The van der Waals surface area contributed by atoms with Crippen molar-refractivity contribution in [3.05, 3.63) is 8.96 Å². The molecular weight excluding hydrogens is 344 g/mol. The minimum atomic E-state index is -0.275. The molecule has 0 aliphatic carbocycles. The standard InChI is InChI=1S/C10H14Br2O4/c1-3-9(13)15-5-7(11)8(12)6-16-10(14)4-2/h3-6H2,1-2H3/b8-7+. The Morgan fingerprint density at radius 2 is 1.19 bits per heavy atom. The minimum Gasteiger partial charge on any atom is -0.460 e. The summed E-state index contributed by atoms with van der Waals surface area (Å²) in [5.41, 5.74) is 0. The second-order valence-corrected chi connectivity index (χ2v) is 4.75. The number of hydrogen-bond acceptors (Lipinski definition) is 4. The molecule has 0 heterocycles. The molecule has 0 amide bonds. The molecule has 6 heteroatoms. The Morgan fingerprint density at radius 3 is 1.44 bits per heavy atom. The number of rotatable bonds is 6. The van der Waals surface area contributed by atoms with E-state index in [1.54, 1.807) is 13.8 Å². The summed E-state index contributed by atoms with van der Waals surface area (Å²) in [6.07, 6.45) is 0.672. The van der Waals surface area contributed by atoms with Crippen LogP contribution in [0.4, 0.5) is 0 Å². The fraction of sp³-hybridized carbons (Fsp3) is 0.600. The van der Waals surface area contributed by atoms with Gasteiger partial charge in [-0.05, 0) is 0 Å². The maximum atomic E-state index is 10.9. The van der Waals surface area contributed by atoms with Crippen LogP contribution in [0, 0.1) is 0 Å². The van der Waals surface area contributed by atoms with Gasteiger partial charge in [0.05, 0.1) is 0 Å². The normalized spacial score (nSPS) is 11.8. The second kappa shape index (κ2) is 8.75. The van der Waals surface area contributed by atoms with Crippen LogP contribution >= 0.6 is 31.9 Å². The Labute approximate surface area is 112 Å². The quantitative estimate of drug-likeness (QED) is 0.686. The number of ether oxygens (including phenoxy) is 2. The lowest BCUT2D eigenvalue weighted by atomic mass is 10.5. The molecule has 0 aliphatic heterocycles. The number of halogens is 2. The van der Waals surface area contributed by atoms with E-state index in [-0.39, 0.29) is 25.2 Å². The molecule has 0 unspecified atom stereocenters. The summed E-state index contributed by atoms with van der Waals surface area (Å²) < 4.78 is 11.1. The van der Waals surface area contributed by atoms with Gasteiger partial charge < -0.3 is 9.47 Å². The Morgan fingerprint density at radius 1 is 0.875 bits per heavy atom. The number of carbonyl (C=O) groups excluding carboxylic acids is 2. The summed E-state index contributed by atoms with van der Waals surface area (Å²) in [5.74, 6) is -0.550. The average molecular weight is 358 g/mol. The Balaban J connectivity index is 4.04. The maximum absolute atomic E-state index is 10.9. The van der Waals surface area contributed by atoms with E-state index in [9.17, 15) is 9.59 Å². The monoisotopic (exact) mass is 356 g/mol. The third kappa shape index (κ3) is 7.00. The van der Waals surface area contributed by atoms with Crippen LogP contribution in [-0.4, -0.2) is 25.2 Å². The molecule has 0 rings (SSSR count). The van der Waals surface area contributed by atoms with Gasteiger partial charge in [-0.25, -0.2) is 0 Å². The predicted molar refractivity (Wildman–Crippen MR) is 67.4 cm³/mol. The average Bonchev–Trinajstić information content (AvgIpc) is 2.31. The third-order valence-corrected chi connectivity index (χ3v) is 3.54. The lowest BCUT2D eigenvalue weighted by Crippen LogP contribution is -2.07. The zero-order valence-electron chi connectivity index (χ0n) is 9.22. The summed E-state index contributed by atoms with van der Waals surface area (Å²) in [5, 5.41) is 0. The smallest absolute Gasteiger partial charge is 0.305 e. The molecule has 0 aromatic heterocycles. The topological polar surface area (TPSA) is 52.6 Å². The van der Waals surface area contributed by atoms with Gasteiger partial charge >= 0.3 is 11.9 Å². The molecule has 0 aliphatic rings. The maximum Gasteiger partial charge on any atom is 0.305 e. The van der Waals surface area contributed by atoms with Gasteiger partial charge in [-0.2, -0.15) is 0 Å². The van der Waals surface area contributed by atoms with Crippen LogP contribution in [-0.2, 0) is 19.1 Å². The molecule has 0 bridgehead atoms. The van der Waals surface area contributed by atoms with Crippen LogP contribution < -0.4 is 0 Å². The van der Waals surface area contributed by atoms with E-state index in [0.29, 0.717) is 21.8 Å². The summed E-state index contributed by atoms with van der Waals surface area (Å²) in [7, 11) is 0. The van der Waals surface area contributed by atoms with Gasteiger partial charge in [-0.1, -0.05) is 45.7 Å². The Kier molecular flexibility index (Phi) is 8.56. The van der Waals surface area contributed by atoms with E-state index < -0.39 is 0 Å². The van der Waals surface area contributed by atoms with Gasteiger partial charge in [0, 0.05) is 21.8 Å². The van der Waals surface area contributed by atoms with Crippen molar-refractivity contribution >= 4 is 43.8 Å². The number of carbonyl (C=O) groups is 2. The first-order valence-corrected chi connectivity index (χ1v) is 6.44. The molecule has 0 N–H and O–H groups in total. The molecule has 0 fully saturated rings. The van der Waals surface area contributed by atoms with Crippen molar-refractivity contribution in [2.75, 3.05) is 13.2 Å². The van der Waals surface area contributed by atoms with Crippen molar-refractivity contribution in [1.82, 2.24) is 0 Å². The third-order valence-electron chi connectivity index (χ3n) is 1.59. The first-order valence-electron chi connectivity index (χ1n) is 4.85.